The first-order valence-electron chi connectivity index (χ1n) is 5.33. The van der Waals surface area contributed by atoms with Gasteiger partial charge in [0.1, 0.15) is 5.60 Å². The molecular weight excluding hydrogens is 204 g/mol. The Morgan fingerprint density at radius 2 is 1.93 bits per heavy atom. The number of ether oxygens (including phenoxy) is 1. The topological polar surface area (TPSA) is 29.5 Å². The molecule has 82 valence electrons. The molecule has 0 aromatic heterocycles. The van der Waals surface area contributed by atoms with E-state index in [1.54, 1.807) is 0 Å². The minimum atomic E-state index is -1.28. The molecule has 1 heterocycles. The van der Waals surface area contributed by atoms with Crippen LogP contribution in [0, 0.1) is 0 Å². The van der Waals surface area contributed by atoms with Crippen LogP contribution >= 0.6 is 0 Å². The molecule has 0 atom stereocenters. The fraction of sp³-hybridized carbons (Fsp3) is 0.500. The Hall–Kier alpha value is -0.643. The maximum absolute atomic E-state index is 10.2. The Kier molecular flexibility index (Phi) is 2.49. The summed E-state index contributed by atoms with van der Waals surface area (Å²) in [4.78, 5) is 0. The van der Waals surface area contributed by atoms with Crippen molar-refractivity contribution in [2.75, 3.05) is 13.2 Å². The molecule has 3 heteroatoms. The fourth-order valence-electron chi connectivity index (χ4n) is 1.74. The average molecular weight is 222 g/mol. The van der Waals surface area contributed by atoms with E-state index in [0.717, 1.165) is 5.56 Å². The zero-order chi connectivity index (χ0) is 11.1. The lowest BCUT2D eigenvalue weighted by Crippen LogP contribution is -2.48. The lowest BCUT2D eigenvalue weighted by molar-refractivity contribution is -0.184. The van der Waals surface area contributed by atoms with Crippen LogP contribution in [0.25, 0.3) is 0 Å². The maximum atomic E-state index is 10.2. The van der Waals surface area contributed by atoms with Crippen molar-refractivity contribution in [1.29, 1.82) is 0 Å². The molecule has 0 aliphatic carbocycles. The van der Waals surface area contributed by atoms with Crippen LogP contribution in [0.1, 0.15) is 5.56 Å². The summed E-state index contributed by atoms with van der Waals surface area (Å²) in [6.07, 6.45) is 0. The highest BCUT2D eigenvalue weighted by Gasteiger charge is 2.38. The number of aliphatic hydroxyl groups is 1. The van der Waals surface area contributed by atoms with Crippen molar-refractivity contribution < 1.29 is 9.84 Å². The molecule has 1 saturated heterocycles. The van der Waals surface area contributed by atoms with Crippen molar-refractivity contribution in [2.45, 2.75) is 25.2 Å². The van der Waals surface area contributed by atoms with E-state index in [1.807, 2.05) is 12.1 Å². The van der Waals surface area contributed by atoms with E-state index in [1.165, 1.54) is 5.19 Å². The third kappa shape index (κ3) is 2.00. The zero-order valence-corrected chi connectivity index (χ0v) is 10.6. The molecule has 1 aliphatic heterocycles. The van der Waals surface area contributed by atoms with E-state index in [-0.39, 0.29) is 0 Å². The predicted octanol–water partition coefficient (Wildman–Crippen LogP) is 1.45. The molecule has 0 spiro atoms. The summed E-state index contributed by atoms with van der Waals surface area (Å²) in [6.45, 7) is 7.80. The lowest BCUT2D eigenvalue weighted by atomic mass is 9.92. The van der Waals surface area contributed by atoms with E-state index in [9.17, 15) is 5.11 Å². The van der Waals surface area contributed by atoms with E-state index in [0.29, 0.717) is 13.2 Å². The predicted molar refractivity (Wildman–Crippen MR) is 64.1 cm³/mol. The first kappa shape index (κ1) is 10.9. The quantitative estimate of drug-likeness (QED) is 0.768. The van der Waals surface area contributed by atoms with Crippen molar-refractivity contribution in [3.05, 3.63) is 29.8 Å². The van der Waals surface area contributed by atoms with Gasteiger partial charge in [0.05, 0.1) is 21.3 Å². The second kappa shape index (κ2) is 3.44. The van der Waals surface area contributed by atoms with Crippen LogP contribution in [-0.4, -0.2) is 26.4 Å². The van der Waals surface area contributed by atoms with Gasteiger partial charge in [0.15, 0.2) is 0 Å². The van der Waals surface area contributed by atoms with Crippen molar-refractivity contribution in [1.82, 2.24) is 0 Å². The van der Waals surface area contributed by atoms with Crippen molar-refractivity contribution in [3.8, 4) is 0 Å². The smallest absolute Gasteiger partial charge is 0.136 e. The Bertz CT molecular complexity index is 364. The summed E-state index contributed by atoms with van der Waals surface area (Å²) in [6, 6.07) is 8.35. The molecule has 2 rings (SSSR count). The highest BCUT2D eigenvalue weighted by Crippen LogP contribution is 2.28. The van der Waals surface area contributed by atoms with Gasteiger partial charge in [-0.2, -0.15) is 0 Å². The summed E-state index contributed by atoms with van der Waals surface area (Å²) in [5, 5.41) is 11.6. The molecule has 0 saturated carbocycles. The van der Waals surface area contributed by atoms with Gasteiger partial charge in [0.2, 0.25) is 0 Å². The van der Waals surface area contributed by atoms with Crippen LogP contribution in [-0.2, 0) is 10.3 Å². The normalized spacial score (nSPS) is 19.7. The van der Waals surface area contributed by atoms with Gasteiger partial charge in [0.25, 0.3) is 0 Å². The van der Waals surface area contributed by atoms with E-state index < -0.39 is 13.7 Å². The summed E-state index contributed by atoms with van der Waals surface area (Å²) in [7, 11) is -1.28. The van der Waals surface area contributed by atoms with E-state index in [4.69, 9.17) is 4.74 Å². The molecule has 0 radical (unpaired) electrons. The molecule has 1 N–H and O–H groups in total. The fourth-order valence-corrected chi connectivity index (χ4v) is 2.92. The lowest BCUT2D eigenvalue weighted by Gasteiger charge is -2.37. The molecule has 15 heavy (non-hydrogen) atoms. The molecule has 1 fully saturated rings. The summed E-state index contributed by atoms with van der Waals surface area (Å²) in [5.41, 5.74) is 0.282. The van der Waals surface area contributed by atoms with E-state index >= 15 is 0 Å². The van der Waals surface area contributed by atoms with Crippen molar-refractivity contribution in [3.63, 3.8) is 0 Å². The van der Waals surface area contributed by atoms with Gasteiger partial charge >= 0.3 is 0 Å². The Morgan fingerprint density at radius 1 is 1.27 bits per heavy atom. The number of rotatable bonds is 2. The summed E-state index contributed by atoms with van der Waals surface area (Å²) in [5.74, 6) is 0. The monoisotopic (exact) mass is 222 g/mol. The Morgan fingerprint density at radius 3 is 2.40 bits per heavy atom. The molecule has 0 amide bonds. The molecule has 1 aromatic rings. The Labute approximate surface area is 91.9 Å². The minimum Gasteiger partial charge on any atom is -0.380 e. The van der Waals surface area contributed by atoms with Gasteiger partial charge in [0, 0.05) is 0 Å². The van der Waals surface area contributed by atoms with Gasteiger partial charge in [-0.15, -0.1) is 0 Å². The number of benzene rings is 1. The standard InChI is InChI=1S/C12H18O2Si/c1-15(2,3)11-6-4-5-10(7-11)12(13)8-14-9-12/h4-7,13H,8-9H2,1-3H3. The number of hydrogen-bond acceptors (Lipinski definition) is 2. The summed E-state index contributed by atoms with van der Waals surface area (Å²) < 4.78 is 5.08. The van der Waals surface area contributed by atoms with Crippen LogP contribution in [0.5, 0.6) is 0 Å². The third-order valence-electron chi connectivity index (χ3n) is 2.95. The Balaban J connectivity index is 2.35. The van der Waals surface area contributed by atoms with Crippen molar-refractivity contribution in [2.24, 2.45) is 0 Å². The van der Waals surface area contributed by atoms with Crippen LogP contribution in [0.15, 0.2) is 24.3 Å². The third-order valence-corrected chi connectivity index (χ3v) is 4.99. The molecule has 2 nitrogen and oxygen atoms in total. The van der Waals surface area contributed by atoms with Gasteiger partial charge in [-0.25, -0.2) is 0 Å². The van der Waals surface area contributed by atoms with E-state index in [2.05, 4.69) is 31.8 Å². The second-order valence-corrected chi connectivity index (χ2v) is 10.4. The zero-order valence-electron chi connectivity index (χ0n) is 9.58. The molecule has 1 aromatic carbocycles. The first-order chi connectivity index (χ1) is 6.92. The van der Waals surface area contributed by atoms with Gasteiger partial charge in [-0.1, -0.05) is 49.1 Å². The second-order valence-electron chi connectivity index (χ2n) is 5.36. The first-order valence-corrected chi connectivity index (χ1v) is 8.83. The molecule has 0 unspecified atom stereocenters. The highest BCUT2D eigenvalue weighted by atomic mass is 28.3. The molecule has 0 bridgehead atoms. The van der Waals surface area contributed by atoms with Gasteiger partial charge in [-0.05, 0) is 5.56 Å². The van der Waals surface area contributed by atoms with Crippen LogP contribution in [0.2, 0.25) is 19.6 Å². The van der Waals surface area contributed by atoms with Crippen LogP contribution in [0.4, 0.5) is 0 Å². The largest absolute Gasteiger partial charge is 0.380 e. The average Bonchev–Trinajstić information content (AvgIpc) is 2.13. The number of hydrogen-bond donors (Lipinski definition) is 1. The molecular formula is C12H18O2Si. The maximum Gasteiger partial charge on any atom is 0.136 e. The van der Waals surface area contributed by atoms with Gasteiger partial charge in [-0.3, -0.25) is 0 Å². The van der Waals surface area contributed by atoms with Gasteiger partial charge < -0.3 is 9.84 Å². The highest BCUT2D eigenvalue weighted by molar-refractivity contribution is 6.88. The summed E-state index contributed by atoms with van der Waals surface area (Å²) >= 11 is 0. The van der Waals surface area contributed by atoms with Crippen LogP contribution in [0.3, 0.4) is 0 Å². The SMILES string of the molecule is C[Si](C)(C)c1cccc(C2(O)COC2)c1. The van der Waals surface area contributed by atoms with Crippen molar-refractivity contribution >= 4 is 13.3 Å². The minimum absolute atomic E-state index is 0.433. The van der Waals surface area contributed by atoms with Crippen LogP contribution < -0.4 is 5.19 Å². The molecule has 1 aliphatic rings.